The lowest BCUT2D eigenvalue weighted by Gasteiger charge is -2.14. The van der Waals surface area contributed by atoms with E-state index in [1.807, 2.05) is 5.32 Å². The molecular formula is C12H10N3O6-. The van der Waals surface area contributed by atoms with Crippen LogP contribution in [0.1, 0.15) is 12.5 Å². The van der Waals surface area contributed by atoms with Crippen molar-refractivity contribution in [2.45, 2.75) is 6.92 Å². The Kier molecular flexibility index (Phi) is 3.74. The molecule has 1 aliphatic heterocycles. The highest BCUT2D eigenvalue weighted by Crippen LogP contribution is 2.35. The first-order chi connectivity index (χ1) is 9.92. The van der Waals surface area contributed by atoms with Crippen LogP contribution in [0.3, 0.4) is 0 Å². The fourth-order valence-electron chi connectivity index (χ4n) is 1.74. The van der Waals surface area contributed by atoms with Crippen molar-refractivity contribution in [3.63, 3.8) is 0 Å². The Bertz CT molecular complexity index is 667. The summed E-state index contributed by atoms with van der Waals surface area (Å²) >= 11 is 0. The number of benzene rings is 1. The monoisotopic (exact) mass is 292 g/mol. The van der Waals surface area contributed by atoms with E-state index in [0.29, 0.717) is 0 Å². The highest BCUT2D eigenvalue weighted by atomic mass is 16.6. The molecule has 9 nitrogen and oxygen atoms in total. The quantitative estimate of drug-likeness (QED) is 0.353. The summed E-state index contributed by atoms with van der Waals surface area (Å²) in [5, 5.41) is 26.9. The van der Waals surface area contributed by atoms with Crippen molar-refractivity contribution in [2.24, 2.45) is 0 Å². The third-order valence-electron chi connectivity index (χ3n) is 2.59. The van der Waals surface area contributed by atoms with Gasteiger partial charge in [0.25, 0.3) is 11.6 Å². The van der Waals surface area contributed by atoms with Gasteiger partial charge in [0.2, 0.25) is 0 Å². The van der Waals surface area contributed by atoms with Crippen LogP contribution in [0.5, 0.6) is 11.5 Å². The molecular weight excluding hydrogens is 282 g/mol. The number of nitrogens with zero attached hydrogens (tertiary/aromatic N) is 1. The minimum atomic E-state index is -0.844. The first-order valence-electron chi connectivity index (χ1n) is 5.88. The summed E-state index contributed by atoms with van der Waals surface area (Å²) in [5.41, 5.74) is -0.551. The smallest absolute Gasteiger partial charge is 0.326 e. The Labute approximate surface area is 118 Å². The molecule has 0 unspecified atom stereocenters. The number of imide groups is 1. The van der Waals surface area contributed by atoms with Gasteiger partial charge in [-0.25, -0.2) is 4.79 Å². The van der Waals surface area contributed by atoms with Gasteiger partial charge in [0.1, 0.15) is 11.4 Å². The van der Waals surface area contributed by atoms with E-state index < -0.39 is 28.3 Å². The van der Waals surface area contributed by atoms with Crippen molar-refractivity contribution >= 4 is 23.7 Å². The van der Waals surface area contributed by atoms with Crippen LogP contribution in [-0.2, 0) is 4.79 Å². The van der Waals surface area contributed by atoms with E-state index in [4.69, 9.17) is 4.74 Å². The highest BCUT2D eigenvalue weighted by molar-refractivity contribution is 6.14. The van der Waals surface area contributed by atoms with Crippen LogP contribution in [-0.4, -0.2) is 23.5 Å². The van der Waals surface area contributed by atoms with E-state index in [-0.39, 0.29) is 23.6 Å². The van der Waals surface area contributed by atoms with Crippen molar-refractivity contribution < 1.29 is 24.4 Å². The number of amides is 3. The van der Waals surface area contributed by atoms with Gasteiger partial charge < -0.3 is 15.2 Å². The second-order valence-corrected chi connectivity index (χ2v) is 4.02. The van der Waals surface area contributed by atoms with Crippen molar-refractivity contribution in [1.82, 2.24) is 10.6 Å². The highest BCUT2D eigenvalue weighted by Gasteiger charge is 2.23. The third-order valence-corrected chi connectivity index (χ3v) is 2.59. The molecule has 0 saturated carbocycles. The molecule has 2 N–H and O–H groups in total. The van der Waals surface area contributed by atoms with Crippen LogP contribution in [0.2, 0.25) is 0 Å². The summed E-state index contributed by atoms with van der Waals surface area (Å²) in [4.78, 5) is 32.4. The normalized spacial score (nSPS) is 15.8. The number of carbonyl (C=O) groups excluding carboxylic acids is 2. The summed E-state index contributed by atoms with van der Waals surface area (Å²) in [6.45, 7) is 1.78. The average Bonchev–Trinajstić information content (AvgIpc) is 2.71. The van der Waals surface area contributed by atoms with Gasteiger partial charge in [0, 0.05) is 11.8 Å². The maximum atomic E-state index is 11.8. The van der Waals surface area contributed by atoms with Crippen LogP contribution in [0.15, 0.2) is 17.8 Å². The number of nitro benzene ring substituents is 1. The van der Waals surface area contributed by atoms with E-state index in [1.54, 1.807) is 6.92 Å². The minimum Gasteiger partial charge on any atom is -0.865 e. The lowest BCUT2D eigenvalue weighted by molar-refractivity contribution is -0.398. The van der Waals surface area contributed by atoms with E-state index in [9.17, 15) is 24.8 Å². The molecule has 1 fully saturated rings. The van der Waals surface area contributed by atoms with Crippen LogP contribution in [0.4, 0.5) is 10.5 Å². The molecule has 110 valence electrons. The average molecular weight is 292 g/mol. The number of hydrogen-bond acceptors (Lipinski definition) is 6. The zero-order valence-corrected chi connectivity index (χ0v) is 10.8. The molecule has 0 radical (unpaired) electrons. The van der Waals surface area contributed by atoms with Gasteiger partial charge in [-0.1, -0.05) is 0 Å². The summed E-state index contributed by atoms with van der Waals surface area (Å²) in [5.74, 6) is -1.70. The number of ether oxygens (including phenoxy) is 1. The molecule has 21 heavy (non-hydrogen) atoms. The number of carbonyl (C=O) groups is 2. The summed E-state index contributed by atoms with van der Waals surface area (Å²) in [7, 11) is 0. The molecule has 0 aromatic heterocycles. The molecule has 1 aliphatic rings. The minimum absolute atomic E-state index is 0.0737. The molecule has 1 aromatic rings. The van der Waals surface area contributed by atoms with Crippen molar-refractivity contribution in [2.75, 3.05) is 6.61 Å². The van der Waals surface area contributed by atoms with E-state index >= 15 is 0 Å². The van der Waals surface area contributed by atoms with Gasteiger partial charge in [-0.3, -0.25) is 20.2 Å². The van der Waals surface area contributed by atoms with Gasteiger partial charge in [0.15, 0.2) is 0 Å². The zero-order chi connectivity index (χ0) is 15.6. The molecule has 9 heteroatoms. The topological polar surface area (TPSA) is 134 Å². The lowest BCUT2D eigenvalue weighted by atomic mass is 10.1. The van der Waals surface area contributed by atoms with Crippen molar-refractivity contribution in [3.05, 3.63) is 33.5 Å². The van der Waals surface area contributed by atoms with Gasteiger partial charge in [0.05, 0.1) is 11.5 Å². The van der Waals surface area contributed by atoms with E-state index in [1.165, 1.54) is 12.1 Å². The first-order valence-corrected chi connectivity index (χ1v) is 5.88. The lowest BCUT2D eigenvalue weighted by Crippen LogP contribution is -2.22. The van der Waals surface area contributed by atoms with Gasteiger partial charge in [-0.05, 0) is 24.6 Å². The zero-order valence-electron chi connectivity index (χ0n) is 10.8. The number of hydrogen-bond donors (Lipinski definition) is 2. The number of nitrogens with one attached hydrogen (secondary N) is 2. The largest absolute Gasteiger partial charge is 0.865 e. The number of urea groups is 1. The van der Waals surface area contributed by atoms with Crippen molar-refractivity contribution in [3.8, 4) is 11.5 Å². The van der Waals surface area contributed by atoms with Gasteiger partial charge in [-0.15, -0.1) is 0 Å². The Balaban J connectivity index is 2.49. The number of rotatable bonds is 4. The van der Waals surface area contributed by atoms with Crippen molar-refractivity contribution in [1.29, 1.82) is 0 Å². The van der Waals surface area contributed by atoms with Crippen LogP contribution < -0.4 is 20.5 Å². The molecule has 0 spiro atoms. The molecule has 1 saturated heterocycles. The molecule has 1 heterocycles. The first kappa shape index (κ1) is 14.3. The molecule has 1 aromatic carbocycles. The summed E-state index contributed by atoms with van der Waals surface area (Å²) in [6.07, 6.45) is 1.22. The summed E-state index contributed by atoms with van der Waals surface area (Å²) < 4.78 is 5.05. The van der Waals surface area contributed by atoms with Gasteiger partial charge >= 0.3 is 6.03 Å². The molecule has 2 rings (SSSR count). The maximum absolute atomic E-state index is 11.8. The Hall–Kier alpha value is -3.10. The maximum Gasteiger partial charge on any atom is 0.326 e. The molecule has 0 atom stereocenters. The predicted molar refractivity (Wildman–Crippen MR) is 68.4 cm³/mol. The van der Waals surface area contributed by atoms with E-state index in [2.05, 4.69) is 5.32 Å². The predicted octanol–water partition coefficient (Wildman–Crippen LogP) is 0.247. The molecule has 0 bridgehead atoms. The molecule has 3 amide bonds. The van der Waals surface area contributed by atoms with Gasteiger partial charge in [-0.2, -0.15) is 0 Å². The second-order valence-electron chi connectivity index (χ2n) is 4.02. The second kappa shape index (κ2) is 5.49. The number of nitro groups is 1. The fourth-order valence-corrected chi connectivity index (χ4v) is 1.74. The standard InChI is InChI=1S/C12H11N3O6/c1-2-21-9-5-6(4-8(10(9)16)15(19)20)3-7-11(17)14-12(18)13-7/h3-5,16H,2H2,1H3,(H2,13,14,17,18)/p-1/b7-3+. The van der Waals surface area contributed by atoms with Crippen LogP contribution in [0, 0.1) is 10.1 Å². The van der Waals surface area contributed by atoms with Crippen LogP contribution in [0.25, 0.3) is 6.08 Å². The Morgan fingerprint density at radius 1 is 1.33 bits per heavy atom. The Morgan fingerprint density at radius 3 is 2.57 bits per heavy atom. The fraction of sp³-hybridized carbons (Fsp3) is 0.167. The molecule has 0 aliphatic carbocycles. The summed E-state index contributed by atoms with van der Waals surface area (Å²) in [6, 6.07) is 1.59. The van der Waals surface area contributed by atoms with Crippen LogP contribution >= 0.6 is 0 Å². The Morgan fingerprint density at radius 2 is 2.05 bits per heavy atom. The SMILES string of the molecule is CCOc1cc(/C=C2/NC(=O)NC2=O)cc([N+](=O)[O-])c1[O-]. The van der Waals surface area contributed by atoms with E-state index in [0.717, 1.165) is 6.07 Å². The third kappa shape index (κ3) is 2.91.